The Morgan fingerprint density at radius 2 is 1.95 bits per heavy atom. The molecule has 1 aromatic carbocycles. The maximum absolute atomic E-state index is 13.7. The van der Waals surface area contributed by atoms with Gasteiger partial charge in [0.25, 0.3) is 0 Å². The number of aromatic amines is 1. The smallest absolute Gasteiger partial charge is 0.248 e. The van der Waals surface area contributed by atoms with Gasteiger partial charge in [-0.05, 0) is 50.6 Å². The minimum absolute atomic E-state index is 0.0418. The van der Waals surface area contributed by atoms with Crippen molar-refractivity contribution in [1.82, 2.24) is 14.9 Å². The van der Waals surface area contributed by atoms with Crippen molar-refractivity contribution in [3.05, 3.63) is 58.5 Å². The Kier molecular flexibility index (Phi) is 8.52. The molecule has 2 saturated heterocycles. The summed E-state index contributed by atoms with van der Waals surface area (Å²) in [6.45, 7) is 11.6. The summed E-state index contributed by atoms with van der Waals surface area (Å²) in [5.74, 6) is 0.702. The van der Waals surface area contributed by atoms with Gasteiger partial charge in [0.1, 0.15) is 18.1 Å². The number of nitrogens with one attached hydrogen (secondary N) is 2. The molecule has 0 saturated carbocycles. The molecule has 40 heavy (non-hydrogen) atoms. The van der Waals surface area contributed by atoms with Crippen LogP contribution in [0.15, 0.2) is 47.4 Å². The normalized spacial score (nSPS) is 21.7. The van der Waals surface area contributed by atoms with Crippen LogP contribution in [0, 0.1) is 11.3 Å². The van der Waals surface area contributed by atoms with Crippen molar-refractivity contribution in [2.75, 3.05) is 60.9 Å². The molecule has 4 atom stereocenters. The number of nitriles is 1. The van der Waals surface area contributed by atoms with Gasteiger partial charge < -0.3 is 24.8 Å². The first-order valence-electron chi connectivity index (χ1n) is 14.1. The van der Waals surface area contributed by atoms with Crippen molar-refractivity contribution >= 4 is 28.1 Å². The lowest BCUT2D eigenvalue weighted by Crippen LogP contribution is -2.54. The number of ether oxygens (including phenoxy) is 1. The van der Waals surface area contributed by atoms with Crippen LogP contribution in [-0.2, 0) is 4.74 Å². The van der Waals surface area contributed by atoms with E-state index >= 15 is 0 Å². The van der Waals surface area contributed by atoms with Gasteiger partial charge >= 0.3 is 0 Å². The van der Waals surface area contributed by atoms with E-state index in [0.29, 0.717) is 23.3 Å². The molecule has 2 aliphatic rings. The summed E-state index contributed by atoms with van der Waals surface area (Å²) in [4.78, 5) is 26.4. The van der Waals surface area contributed by atoms with Crippen LogP contribution < -0.4 is 20.7 Å². The van der Waals surface area contributed by atoms with Gasteiger partial charge in [-0.1, -0.05) is 6.92 Å². The quantitative estimate of drug-likeness (QED) is 0.440. The molecular formula is C30H38FN7O2. The zero-order valence-electron chi connectivity index (χ0n) is 23.4. The van der Waals surface area contributed by atoms with E-state index in [-0.39, 0.29) is 23.8 Å². The monoisotopic (exact) mass is 547 g/mol. The van der Waals surface area contributed by atoms with Gasteiger partial charge in [0, 0.05) is 63.0 Å². The predicted molar refractivity (Wildman–Crippen MR) is 157 cm³/mol. The van der Waals surface area contributed by atoms with Crippen molar-refractivity contribution in [2.45, 2.75) is 51.6 Å². The lowest BCUT2D eigenvalue weighted by molar-refractivity contribution is -0.0327. The predicted octanol–water partition coefficient (Wildman–Crippen LogP) is 3.76. The molecule has 4 heterocycles. The first-order chi connectivity index (χ1) is 19.3. The van der Waals surface area contributed by atoms with Gasteiger partial charge in [0.15, 0.2) is 0 Å². The molecule has 5 rings (SSSR count). The number of nitrogens with zero attached hydrogens (tertiary/aromatic N) is 5. The highest BCUT2D eigenvalue weighted by atomic mass is 19.1. The number of benzene rings is 1. The molecule has 3 aromatic rings. The summed E-state index contributed by atoms with van der Waals surface area (Å²) in [5, 5.41) is 13.6. The number of hydrogen-bond donors (Lipinski definition) is 2. The summed E-state index contributed by atoms with van der Waals surface area (Å²) >= 11 is 0. The van der Waals surface area contributed by atoms with Crippen LogP contribution >= 0.6 is 0 Å². The number of hydrogen-bond acceptors (Lipinski definition) is 8. The number of halogens is 1. The summed E-state index contributed by atoms with van der Waals surface area (Å²) in [5.41, 5.74) is 2.92. The summed E-state index contributed by atoms with van der Waals surface area (Å²) in [7, 11) is 0. The van der Waals surface area contributed by atoms with Crippen molar-refractivity contribution in [1.29, 1.82) is 5.26 Å². The molecule has 9 nitrogen and oxygen atoms in total. The van der Waals surface area contributed by atoms with Crippen LogP contribution in [0.2, 0.25) is 0 Å². The number of H-pyrrole nitrogens is 1. The molecule has 2 aromatic heterocycles. The zero-order chi connectivity index (χ0) is 28.2. The number of aromatic nitrogens is 2. The first kappa shape index (κ1) is 27.9. The van der Waals surface area contributed by atoms with E-state index in [1.165, 1.54) is 6.07 Å². The second-order valence-corrected chi connectivity index (χ2v) is 10.9. The Balaban J connectivity index is 1.19. The van der Waals surface area contributed by atoms with E-state index < -0.39 is 6.17 Å². The topological polar surface area (TPSA) is 101 Å². The highest BCUT2D eigenvalue weighted by Gasteiger charge is 2.29. The van der Waals surface area contributed by atoms with Gasteiger partial charge in [-0.3, -0.25) is 9.69 Å². The first-order valence-corrected chi connectivity index (χ1v) is 14.1. The van der Waals surface area contributed by atoms with Crippen molar-refractivity contribution in [2.24, 2.45) is 0 Å². The Morgan fingerprint density at radius 3 is 2.62 bits per heavy atom. The molecule has 2 aliphatic heterocycles. The molecule has 2 fully saturated rings. The molecule has 0 bridgehead atoms. The molecule has 4 unspecified atom stereocenters. The number of alkyl halides is 1. The van der Waals surface area contributed by atoms with Gasteiger partial charge in [0.2, 0.25) is 5.56 Å². The van der Waals surface area contributed by atoms with Crippen LogP contribution in [0.25, 0.3) is 10.9 Å². The number of fused-ring (bicyclic) bond motifs is 1. The van der Waals surface area contributed by atoms with E-state index in [1.807, 2.05) is 25.3 Å². The third-order valence-electron chi connectivity index (χ3n) is 7.93. The molecule has 0 amide bonds. The second-order valence-electron chi connectivity index (χ2n) is 10.9. The number of rotatable bonds is 8. The molecule has 0 radical (unpaired) electrons. The van der Waals surface area contributed by atoms with Crippen molar-refractivity contribution in [3.63, 3.8) is 0 Å². The largest absolute Gasteiger partial charge is 0.370 e. The third kappa shape index (κ3) is 6.21. The van der Waals surface area contributed by atoms with Gasteiger partial charge in [-0.25, -0.2) is 9.37 Å². The molecule has 0 aliphatic carbocycles. The standard InChI is InChI=1S/C30H38FN7O2/c1-4-26(21(3)31)34-28-9-6-23(16-33-28)37-13-11-36(12-14-37)18-24-19-38(17-20(2)40-24)27-8-5-22(15-32)30-25(27)7-10-29(39)35-30/h5-10,16,20-21,24,26H,4,11-14,17-19H2,1-3H3,(H,33,34)(H,35,39). The fraction of sp³-hybridized carbons (Fsp3) is 0.500. The molecule has 2 N–H and O–H groups in total. The van der Waals surface area contributed by atoms with E-state index in [9.17, 15) is 14.4 Å². The highest BCUT2D eigenvalue weighted by molar-refractivity contribution is 5.95. The highest BCUT2D eigenvalue weighted by Crippen LogP contribution is 2.30. The van der Waals surface area contributed by atoms with Crippen LogP contribution in [0.4, 0.5) is 21.6 Å². The van der Waals surface area contributed by atoms with E-state index in [1.54, 1.807) is 19.1 Å². The average Bonchev–Trinajstić information content (AvgIpc) is 2.95. The third-order valence-corrected chi connectivity index (χ3v) is 7.93. The minimum Gasteiger partial charge on any atom is -0.370 e. The molecule has 212 valence electrons. The number of anilines is 3. The maximum atomic E-state index is 13.7. The van der Waals surface area contributed by atoms with Gasteiger partial charge in [-0.2, -0.15) is 5.26 Å². The lowest BCUT2D eigenvalue weighted by atomic mass is 10.1. The Hall–Kier alpha value is -3.68. The molecule has 10 heteroatoms. The average molecular weight is 548 g/mol. The zero-order valence-corrected chi connectivity index (χ0v) is 23.4. The summed E-state index contributed by atoms with van der Waals surface area (Å²) in [6, 6.07) is 13.0. The van der Waals surface area contributed by atoms with Crippen LogP contribution in [-0.4, -0.2) is 85.1 Å². The van der Waals surface area contributed by atoms with Crippen molar-refractivity contribution < 1.29 is 9.13 Å². The SMILES string of the molecule is CCC(Nc1ccc(N2CCN(CC3CN(c4ccc(C#N)c5[nH]c(=O)ccc45)CC(C)O3)CC2)cn1)C(C)F. The summed E-state index contributed by atoms with van der Waals surface area (Å²) < 4.78 is 20.1. The lowest BCUT2D eigenvalue weighted by Gasteiger charge is -2.42. The Labute approximate surface area is 234 Å². The van der Waals surface area contributed by atoms with E-state index in [4.69, 9.17) is 4.74 Å². The van der Waals surface area contributed by atoms with Crippen LogP contribution in [0.1, 0.15) is 32.8 Å². The number of pyridine rings is 2. The fourth-order valence-electron chi connectivity index (χ4n) is 5.81. The van der Waals surface area contributed by atoms with Crippen molar-refractivity contribution in [3.8, 4) is 6.07 Å². The Morgan fingerprint density at radius 1 is 1.15 bits per heavy atom. The Bertz CT molecular complexity index is 1400. The second kappa shape index (κ2) is 12.2. The minimum atomic E-state index is -0.934. The van der Waals surface area contributed by atoms with E-state index in [2.05, 4.69) is 49.0 Å². The van der Waals surface area contributed by atoms with E-state index in [0.717, 1.165) is 62.6 Å². The number of morpholine rings is 1. The molecule has 0 spiro atoms. The van der Waals surface area contributed by atoms with Crippen LogP contribution in [0.5, 0.6) is 0 Å². The fourth-order valence-corrected chi connectivity index (χ4v) is 5.81. The number of piperazine rings is 1. The summed E-state index contributed by atoms with van der Waals surface area (Å²) in [6.07, 6.45) is 1.73. The van der Waals surface area contributed by atoms with Crippen LogP contribution in [0.3, 0.4) is 0 Å². The maximum Gasteiger partial charge on any atom is 0.248 e. The van der Waals surface area contributed by atoms with Gasteiger partial charge in [0.05, 0.1) is 41.2 Å². The van der Waals surface area contributed by atoms with Gasteiger partial charge in [-0.15, -0.1) is 0 Å². The molecular weight excluding hydrogens is 509 g/mol.